The lowest BCUT2D eigenvalue weighted by Crippen LogP contribution is -2.15. The molecule has 1 aromatic heterocycles. The summed E-state index contributed by atoms with van der Waals surface area (Å²) in [6, 6.07) is 9.79. The average Bonchev–Trinajstić information content (AvgIpc) is 2.40. The SMILES string of the molecule is CCSc1ccc(-c2ccnc(C(N)=O)n2)cc1. The van der Waals surface area contributed by atoms with Crippen molar-refractivity contribution >= 4 is 17.7 Å². The van der Waals surface area contributed by atoms with Gasteiger partial charge in [0.25, 0.3) is 5.91 Å². The van der Waals surface area contributed by atoms with Gasteiger partial charge in [-0.1, -0.05) is 19.1 Å². The van der Waals surface area contributed by atoms with Crippen LogP contribution in [0.4, 0.5) is 0 Å². The van der Waals surface area contributed by atoms with E-state index >= 15 is 0 Å². The van der Waals surface area contributed by atoms with Crippen LogP contribution in [0.25, 0.3) is 11.3 Å². The van der Waals surface area contributed by atoms with Gasteiger partial charge in [-0.25, -0.2) is 9.97 Å². The maximum absolute atomic E-state index is 11.0. The van der Waals surface area contributed by atoms with Crippen molar-refractivity contribution in [3.05, 3.63) is 42.4 Å². The molecule has 2 aromatic rings. The first-order chi connectivity index (χ1) is 8.70. The summed E-state index contributed by atoms with van der Waals surface area (Å²) in [5, 5.41) is 0. The molecule has 1 heterocycles. The molecule has 4 nitrogen and oxygen atoms in total. The van der Waals surface area contributed by atoms with Gasteiger partial charge in [-0.3, -0.25) is 4.79 Å². The van der Waals surface area contributed by atoms with Gasteiger partial charge in [0.1, 0.15) is 0 Å². The molecule has 0 fully saturated rings. The molecular formula is C13H13N3OS. The van der Waals surface area contributed by atoms with Crippen molar-refractivity contribution in [1.29, 1.82) is 0 Å². The molecule has 0 saturated heterocycles. The number of carbonyl (C=O) groups is 1. The fourth-order valence-electron chi connectivity index (χ4n) is 1.53. The molecule has 0 saturated carbocycles. The number of carbonyl (C=O) groups excluding carboxylic acids is 1. The Kier molecular flexibility index (Phi) is 3.94. The van der Waals surface area contributed by atoms with Crippen LogP contribution in [0.2, 0.25) is 0 Å². The molecule has 1 aromatic carbocycles. The van der Waals surface area contributed by atoms with Crippen LogP contribution in [0.3, 0.4) is 0 Å². The molecule has 2 rings (SSSR count). The molecule has 0 atom stereocenters. The number of thioether (sulfide) groups is 1. The second kappa shape index (κ2) is 5.64. The molecule has 18 heavy (non-hydrogen) atoms. The summed E-state index contributed by atoms with van der Waals surface area (Å²) >= 11 is 1.78. The number of rotatable bonds is 4. The highest BCUT2D eigenvalue weighted by molar-refractivity contribution is 7.99. The van der Waals surface area contributed by atoms with Crippen molar-refractivity contribution in [3.63, 3.8) is 0 Å². The Bertz CT molecular complexity index is 554. The molecule has 2 N–H and O–H groups in total. The van der Waals surface area contributed by atoms with Gasteiger partial charge in [0.2, 0.25) is 5.82 Å². The Balaban J connectivity index is 2.30. The predicted octanol–water partition coefficient (Wildman–Crippen LogP) is 2.35. The highest BCUT2D eigenvalue weighted by Gasteiger charge is 2.06. The van der Waals surface area contributed by atoms with E-state index in [4.69, 9.17) is 5.73 Å². The van der Waals surface area contributed by atoms with Crippen LogP contribution in [-0.4, -0.2) is 21.6 Å². The third-order valence-corrected chi connectivity index (χ3v) is 3.23. The summed E-state index contributed by atoms with van der Waals surface area (Å²) in [5.41, 5.74) is 6.80. The van der Waals surface area contributed by atoms with Crippen LogP contribution in [0.5, 0.6) is 0 Å². The summed E-state index contributed by atoms with van der Waals surface area (Å²) in [4.78, 5) is 20.2. The lowest BCUT2D eigenvalue weighted by atomic mass is 10.1. The fourth-order valence-corrected chi connectivity index (χ4v) is 2.19. The van der Waals surface area contributed by atoms with Gasteiger partial charge in [-0.05, 0) is 24.0 Å². The normalized spacial score (nSPS) is 10.3. The average molecular weight is 259 g/mol. The molecule has 0 radical (unpaired) electrons. The maximum Gasteiger partial charge on any atom is 0.286 e. The zero-order valence-electron chi connectivity index (χ0n) is 9.96. The second-order valence-electron chi connectivity index (χ2n) is 3.59. The summed E-state index contributed by atoms with van der Waals surface area (Å²) in [5.74, 6) is 0.466. The van der Waals surface area contributed by atoms with Gasteiger partial charge in [0, 0.05) is 16.7 Å². The van der Waals surface area contributed by atoms with E-state index in [2.05, 4.69) is 16.9 Å². The van der Waals surface area contributed by atoms with Gasteiger partial charge in [0.05, 0.1) is 5.69 Å². The van der Waals surface area contributed by atoms with Gasteiger partial charge in [-0.15, -0.1) is 11.8 Å². The van der Waals surface area contributed by atoms with E-state index in [1.54, 1.807) is 17.8 Å². The highest BCUT2D eigenvalue weighted by Crippen LogP contribution is 2.22. The third kappa shape index (κ3) is 2.87. The molecule has 92 valence electrons. The van der Waals surface area contributed by atoms with Crippen LogP contribution in [-0.2, 0) is 0 Å². The number of hydrogen-bond acceptors (Lipinski definition) is 4. The quantitative estimate of drug-likeness (QED) is 0.856. The van der Waals surface area contributed by atoms with Crippen molar-refractivity contribution < 1.29 is 4.79 Å². The van der Waals surface area contributed by atoms with Crippen molar-refractivity contribution in [2.45, 2.75) is 11.8 Å². The van der Waals surface area contributed by atoms with E-state index in [1.807, 2.05) is 24.3 Å². The Hall–Kier alpha value is -1.88. The lowest BCUT2D eigenvalue weighted by molar-refractivity contribution is 0.0990. The van der Waals surface area contributed by atoms with E-state index in [-0.39, 0.29) is 5.82 Å². The van der Waals surface area contributed by atoms with Gasteiger partial charge < -0.3 is 5.73 Å². The van der Waals surface area contributed by atoms with Crippen molar-refractivity contribution in [1.82, 2.24) is 9.97 Å². The number of nitrogens with two attached hydrogens (primary N) is 1. The van der Waals surface area contributed by atoms with Crippen LogP contribution in [0, 0.1) is 0 Å². The fraction of sp³-hybridized carbons (Fsp3) is 0.154. The van der Waals surface area contributed by atoms with Crippen LogP contribution < -0.4 is 5.73 Å². The van der Waals surface area contributed by atoms with E-state index in [0.29, 0.717) is 5.69 Å². The molecule has 0 aliphatic heterocycles. The monoisotopic (exact) mass is 259 g/mol. The molecular weight excluding hydrogens is 246 g/mol. The Labute approximate surface area is 110 Å². The molecule has 5 heteroatoms. The largest absolute Gasteiger partial charge is 0.363 e. The minimum absolute atomic E-state index is 0.0412. The first kappa shape index (κ1) is 12.6. The second-order valence-corrected chi connectivity index (χ2v) is 4.92. The van der Waals surface area contributed by atoms with Crippen LogP contribution >= 0.6 is 11.8 Å². The molecule has 1 amide bonds. The number of aromatic nitrogens is 2. The van der Waals surface area contributed by atoms with E-state index in [0.717, 1.165) is 11.3 Å². The lowest BCUT2D eigenvalue weighted by Gasteiger charge is -2.03. The van der Waals surface area contributed by atoms with Crippen LogP contribution in [0.15, 0.2) is 41.4 Å². The van der Waals surface area contributed by atoms with Crippen LogP contribution in [0.1, 0.15) is 17.5 Å². The van der Waals surface area contributed by atoms with Gasteiger partial charge >= 0.3 is 0 Å². The minimum Gasteiger partial charge on any atom is -0.363 e. The summed E-state index contributed by atoms with van der Waals surface area (Å²) < 4.78 is 0. The number of primary amides is 1. The Morgan fingerprint density at radius 3 is 2.61 bits per heavy atom. The number of amides is 1. The molecule has 0 aliphatic rings. The number of benzene rings is 1. The third-order valence-electron chi connectivity index (χ3n) is 2.34. The zero-order valence-corrected chi connectivity index (χ0v) is 10.8. The summed E-state index contributed by atoms with van der Waals surface area (Å²) in [7, 11) is 0. The summed E-state index contributed by atoms with van der Waals surface area (Å²) in [6.07, 6.45) is 1.54. The molecule has 0 bridgehead atoms. The number of nitrogens with zero attached hydrogens (tertiary/aromatic N) is 2. The molecule has 0 unspecified atom stereocenters. The maximum atomic E-state index is 11.0. The van der Waals surface area contributed by atoms with E-state index < -0.39 is 5.91 Å². The van der Waals surface area contributed by atoms with Crippen molar-refractivity contribution in [3.8, 4) is 11.3 Å². The van der Waals surface area contributed by atoms with Crippen molar-refractivity contribution in [2.75, 3.05) is 5.75 Å². The smallest absolute Gasteiger partial charge is 0.286 e. The Morgan fingerprint density at radius 2 is 2.00 bits per heavy atom. The van der Waals surface area contributed by atoms with E-state index in [9.17, 15) is 4.79 Å². The van der Waals surface area contributed by atoms with E-state index in [1.165, 1.54) is 11.1 Å². The first-order valence-corrected chi connectivity index (χ1v) is 6.55. The molecule has 0 spiro atoms. The predicted molar refractivity (Wildman–Crippen MR) is 72.4 cm³/mol. The Morgan fingerprint density at radius 1 is 1.28 bits per heavy atom. The summed E-state index contributed by atoms with van der Waals surface area (Å²) in [6.45, 7) is 2.11. The van der Waals surface area contributed by atoms with Gasteiger partial charge in [-0.2, -0.15) is 0 Å². The molecule has 0 aliphatic carbocycles. The number of hydrogen-bond donors (Lipinski definition) is 1. The van der Waals surface area contributed by atoms with Gasteiger partial charge in [0.15, 0.2) is 0 Å². The zero-order chi connectivity index (χ0) is 13.0. The topological polar surface area (TPSA) is 68.9 Å². The first-order valence-electron chi connectivity index (χ1n) is 5.57. The van der Waals surface area contributed by atoms with Crippen molar-refractivity contribution in [2.24, 2.45) is 5.73 Å². The standard InChI is InChI=1S/C13H13N3OS/c1-2-18-10-5-3-9(4-6-10)11-7-8-15-13(16-11)12(14)17/h3-8H,2H2,1H3,(H2,14,17). The minimum atomic E-state index is -0.616. The highest BCUT2D eigenvalue weighted by atomic mass is 32.2.